The molecule has 1 aliphatic rings. The Morgan fingerprint density at radius 2 is 1.89 bits per heavy atom. The number of fused-ring (bicyclic) bond motifs is 1. The summed E-state index contributed by atoms with van der Waals surface area (Å²) < 4.78 is 1.67. The molecule has 142 valence electrons. The van der Waals surface area contributed by atoms with E-state index in [1.54, 1.807) is 28.5 Å². The first-order valence-corrected chi connectivity index (χ1v) is 10.7. The van der Waals surface area contributed by atoms with E-state index in [2.05, 4.69) is 0 Å². The molecule has 0 saturated heterocycles. The second kappa shape index (κ2) is 7.81. The van der Waals surface area contributed by atoms with Crippen molar-refractivity contribution in [3.63, 3.8) is 0 Å². The lowest BCUT2D eigenvalue weighted by molar-refractivity contribution is -0.384. The fourth-order valence-corrected chi connectivity index (χ4v) is 4.98. The summed E-state index contributed by atoms with van der Waals surface area (Å²) in [5.74, 6) is 1.45. The van der Waals surface area contributed by atoms with Crippen molar-refractivity contribution in [3.05, 3.63) is 85.8 Å². The van der Waals surface area contributed by atoms with Gasteiger partial charge in [-0.25, -0.2) is 4.98 Å². The predicted molar refractivity (Wildman–Crippen MR) is 112 cm³/mol. The average molecular weight is 412 g/mol. The zero-order chi connectivity index (χ0) is 19.7. The second-order valence-electron chi connectivity index (χ2n) is 6.46. The molecule has 0 spiro atoms. The third-order valence-electron chi connectivity index (χ3n) is 4.47. The van der Waals surface area contributed by atoms with Crippen LogP contribution in [0.15, 0.2) is 63.4 Å². The molecule has 1 aromatic heterocycles. The Kier molecular flexibility index (Phi) is 5.23. The summed E-state index contributed by atoms with van der Waals surface area (Å²) in [6.07, 6.45) is 0.801. The smallest absolute Gasteiger partial charge is 0.268 e. The normalized spacial score (nSPS) is 12.8. The quantitative estimate of drug-likeness (QED) is 0.268. The van der Waals surface area contributed by atoms with Gasteiger partial charge in [0.1, 0.15) is 0 Å². The van der Waals surface area contributed by atoms with Crippen LogP contribution in [0.25, 0.3) is 5.69 Å². The van der Waals surface area contributed by atoms with E-state index in [9.17, 15) is 14.9 Å². The number of aryl methyl sites for hydroxylation is 2. The fraction of sp³-hybridized carbons (Fsp3) is 0.200. The topological polar surface area (TPSA) is 78.0 Å². The molecule has 0 N–H and O–H groups in total. The minimum Gasteiger partial charge on any atom is -0.268 e. The maximum Gasteiger partial charge on any atom is 0.272 e. The molecule has 1 aliphatic heterocycles. The van der Waals surface area contributed by atoms with Crippen molar-refractivity contribution in [1.29, 1.82) is 0 Å². The van der Waals surface area contributed by atoms with Gasteiger partial charge in [-0.2, -0.15) is 0 Å². The molecule has 3 aromatic rings. The van der Waals surface area contributed by atoms with Crippen molar-refractivity contribution in [2.45, 2.75) is 29.1 Å². The lowest BCUT2D eigenvalue weighted by atomic mass is 10.2. The summed E-state index contributed by atoms with van der Waals surface area (Å²) in [5, 5.41) is 11.5. The molecule has 4 rings (SSSR count). The summed E-state index contributed by atoms with van der Waals surface area (Å²) in [4.78, 5) is 29.0. The van der Waals surface area contributed by atoms with Crippen molar-refractivity contribution < 1.29 is 4.92 Å². The summed E-state index contributed by atoms with van der Waals surface area (Å²) in [6.45, 7) is 2.01. The highest BCUT2D eigenvalue weighted by atomic mass is 32.2. The molecule has 0 amide bonds. The van der Waals surface area contributed by atoms with Crippen LogP contribution in [0.3, 0.4) is 0 Å². The number of hydrogen-bond acceptors (Lipinski definition) is 6. The van der Waals surface area contributed by atoms with E-state index in [1.165, 1.54) is 23.9 Å². The maximum absolute atomic E-state index is 13.1. The Labute approximate surface area is 170 Å². The molecule has 2 heterocycles. The summed E-state index contributed by atoms with van der Waals surface area (Å²) in [6, 6.07) is 14.3. The SMILES string of the molecule is Cc1ccc(-n2c(SCc3ccc([N+](=O)[O-])cc3)nc3c(c2=O)SCC3)cc1. The largest absolute Gasteiger partial charge is 0.272 e. The minimum atomic E-state index is -0.411. The summed E-state index contributed by atoms with van der Waals surface area (Å²) in [5.41, 5.74) is 3.77. The molecule has 28 heavy (non-hydrogen) atoms. The molecule has 2 aromatic carbocycles. The Morgan fingerprint density at radius 3 is 2.57 bits per heavy atom. The standard InChI is InChI=1S/C20H17N3O3S2/c1-13-2-6-15(7-3-13)22-19(24)18-17(10-11-27-18)21-20(22)28-12-14-4-8-16(9-5-14)23(25)26/h2-9H,10-12H2,1H3. The number of nitro groups is 1. The van der Waals surface area contributed by atoms with Gasteiger partial charge in [0.15, 0.2) is 5.16 Å². The summed E-state index contributed by atoms with van der Waals surface area (Å²) in [7, 11) is 0. The van der Waals surface area contributed by atoms with Crippen molar-refractivity contribution in [2.24, 2.45) is 0 Å². The van der Waals surface area contributed by atoms with E-state index in [4.69, 9.17) is 4.98 Å². The van der Waals surface area contributed by atoms with E-state index < -0.39 is 4.92 Å². The first-order chi connectivity index (χ1) is 13.5. The number of non-ortho nitro benzene ring substituents is 1. The minimum absolute atomic E-state index is 0.0254. The van der Waals surface area contributed by atoms with Crippen LogP contribution in [-0.2, 0) is 12.2 Å². The van der Waals surface area contributed by atoms with Crippen LogP contribution < -0.4 is 5.56 Å². The van der Waals surface area contributed by atoms with Gasteiger partial charge in [-0.05, 0) is 24.6 Å². The molecule has 8 heteroatoms. The van der Waals surface area contributed by atoms with Crippen molar-refractivity contribution in [2.75, 3.05) is 5.75 Å². The number of hydrogen-bond donors (Lipinski definition) is 0. The molecule has 0 bridgehead atoms. The fourth-order valence-electron chi connectivity index (χ4n) is 2.97. The number of nitrogens with zero attached hydrogens (tertiary/aromatic N) is 3. The molecular weight excluding hydrogens is 394 g/mol. The van der Waals surface area contributed by atoms with Gasteiger partial charge in [-0.3, -0.25) is 19.5 Å². The number of aromatic nitrogens is 2. The van der Waals surface area contributed by atoms with E-state index in [-0.39, 0.29) is 11.2 Å². The highest BCUT2D eigenvalue weighted by molar-refractivity contribution is 7.99. The third kappa shape index (κ3) is 3.70. The van der Waals surface area contributed by atoms with Gasteiger partial charge >= 0.3 is 0 Å². The molecule has 0 fully saturated rings. The van der Waals surface area contributed by atoms with Gasteiger partial charge in [-0.1, -0.05) is 41.6 Å². The van der Waals surface area contributed by atoms with E-state index in [1.807, 2.05) is 31.2 Å². The molecule has 0 aliphatic carbocycles. The lowest BCUT2D eigenvalue weighted by Gasteiger charge is -2.14. The van der Waals surface area contributed by atoms with Crippen LogP contribution in [0.5, 0.6) is 0 Å². The average Bonchev–Trinajstić information content (AvgIpc) is 3.17. The first kappa shape index (κ1) is 18.8. The van der Waals surface area contributed by atoms with E-state index in [0.29, 0.717) is 10.9 Å². The van der Waals surface area contributed by atoms with E-state index in [0.717, 1.165) is 39.6 Å². The molecular formula is C20H17N3O3S2. The van der Waals surface area contributed by atoms with Crippen LogP contribution >= 0.6 is 23.5 Å². The lowest BCUT2D eigenvalue weighted by Crippen LogP contribution is -2.23. The first-order valence-electron chi connectivity index (χ1n) is 8.75. The number of rotatable bonds is 5. The monoisotopic (exact) mass is 411 g/mol. The second-order valence-corrected chi connectivity index (χ2v) is 8.50. The van der Waals surface area contributed by atoms with Crippen LogP contribution in [0.2, 0.25) is 0 Å². The zero-order valence-corrected chi connectivity index (χ0v) is 16.8. The van der Waals surface area contributed by atoms with Gasteiger partial charge in [0, 0.05) is 30.1 Å². The molecule has 0 radical (unpaired) electrons. The van der Waals surface area contributed by atoms with Crippen LogP contribution in [0.1, 0.15) is 16.8 Å². The Hall–Kier alpha value is -2.58. The summed E-state index contributed by atoms with van der Waals surface area (Å²) >= 11 is 3.03. The van der Waals surface area contributed by atoms with Crippen LogP contribution in [-0.4, -0.2) is 20.2 Å². The number of benzene rings is 2. The highest BCUT2D eigenvalue weighted by Gasteiger charge is 2.22. The predicted octanol–water partition coefficient (Wildman–Crippen LogP) is 4.39. The third-order valence-corrected chi connectivity index (χ3v) is 6.59. The Balaban J connectivity index is 1.69. The number of nitro benzene ring substituents is 1. The van der Waals surface area contributed by atoms with Gasteiger partial charge in [0.25, 0.3) is 11.2 Å². The Morgan fingerprint density at radius 1 is 1.18 bits per heavy atom. The van der Waals surface area contributed by atoms with Gasteiger partial charge in [0.2, 0.25) is 0 Å². The highest BCUT2D eigenvalue weighted by Crippen LogP contribution is 2.31. The van der Waals surface area contributed by atoms with Gasteiger partial charge in [-0.15, -0.1) is 11.8 Å². The number of thioether (sulfide) groups is 2. The Bertz CT molecular complexity index is 1090. The van der Waals surface area contributed by atoms with Crippen molar-refractivity contribution >= 4 is 29.2 Å². The molecule has 0 saturated carbocycles. The van der Waals surface area contributed by atoms with E-state index >= 15 is 0 Å². The zero-order valence-electron chi connectivity index (χ0n) is 15.1. The maximum atomic E-state index is 13.1. The van der Waals surface area contributed by atoms with Crippen molar-refractivity contribution in [1.82, 2.24) is 9.55 Å². The molecule has 6 nitrogen and oxygen atoms in total. The molecule has 0 unspecified atom stereocenters. The van der Waals surface area contributed by atoms with Gasteiger partial charge < -0.3 is 0 Å². The molecule has 0 atom stereocenters. The van der Waals surface area contributed by atoms with Crippen LogP contribution in [0, 0.1) is 17.0 Å². The van der Waals surface area contributed by atoms with Crippen molar-refractivity contribution in [3.8, 4) is 5.69 Å². The van der Waals surface area contributed by atoms with Crippen LogP contribution in [0.4, 0.5) is 5.69 Å². The van der Waals surface area contributed by atoms with Gasteiger partial charge in [0.05, 0.1) is 21.2 Å².